The van der Waals surface area contributed by atoms with Gasteiger partial charge in [0.1, 0.15) is 16.6 Å². The first-order chi connectivity index (χ1) is 8.72. The molecule has 2 rings (SSSR count). The second-order valence-electron chi connectivity index (χ2n) is 3.48. The average molecular weight is 330 g/mol. The number of halogens is 1. The summed E-state index contributed by atoms with van der Waals surface area (Å²) in [6.07, 6.45) is 0.812. The fourth-order valence-corrected chi connectivity index (χ4v) is 2.54. The van der Waals surface area contributed by atoms with E-state index in [1.807, 2.05) is 16.8 Å². The first-order valence-electron chi connectivity index (χ1n) is 5.13. The SMILES string of the molecule is NNc1ncnc(NCC(O)c2ccsc2)c1Br. The summed E-state index contributed by atoms with van der Waals surface area (Å²) in [5.41, 5.74) is 3.34. The van der Waals surface area contributed by atoms with E-state index < -0.39 is 6.10 Å². The topological polar surface area (TPSA) is 96.1 Å². The highest BCUT2D eigenvalue weighted by Crippen LogP contribution is 2.26. The van der Waals surface area contributed by atoms with Crippen molar-refractivity contribution >= 4 is 38.9 Å². The molecule has 0 amide bonds. The van der Waals surface area contributed by atoms with Crippen LogP contribution in [0.5, 0.6) is 0 Å². The third-order valence-corrected chi connectivity index (χ3v) is 3.77. The van der Waals surface area contributed by atoms with Crippen molar-refractivity contribution in [2.24, 2.45) is 5.84 Å². The van der Waals surface area contributed by atoms with Gasteiger partial charge in [0.25, 0.3) is 0 Å². The summed E-state index contributed by atoms with van der Waals surface area (Å²) < 4.78 is 0.630. The molecule has 96 valence electrons. The van der Waals surface area contributed by atoms with Crippen LogP contribution in [0.25, 0.3) is 0 Å². The number of aromatic nitrogens is 2. The van der Waals surface area contributed by atoms with Gasteiger partial charge in [0.15, 0.2) is 5.82 Å². The van der Waals surface area contributed by atoms with Crippen LogP contribution in [-0.4, -0.2) is 21.6 Å². The predicted octanol–water partition coefficient (Wildman–Crippen LogP) is 1.73. The summed E-state index contributed by atoms with van der Waals surface area (Å²) >= 11 is 4.88. The van der Waals surface area contributed by atoms with Crippen molar-refractivity contribution < 1.29 is 5.11 Å². The highest BCUT2D eigenvalue weighted by Gasteiger charge is 2.11. The molecule has 6 nitrogen and oxygen atoms in total. The number of nitrogens with zero attached hydrogens (tertiary/aromatic N) is 2. The minimum Gasteiger partial charge on any atom is -0.387 e. The van der Waals surface area contributed by atoms with Crippen LogP contribution >= 0.6 is 27.3 Å². The normalized spacial score (nSPS) is 12.2. The van der Waals surface area contributed by atoms with Crippen molar-refractivity contribution in [2.75, 3.05) is 17.3 Å². The van der Waals surface area contributed by atoms with Crippen molar-refractivity contribution in [1.29, 1.82) is 0 Å². The molecule has 0 radical (unpaired) electrons. The summed E-state index contributed by atoms with van der Waals surface area (Å²) in [5.74, 6) is 6.37. The van der Waals surface area contributed by atoms with E-state index in [1.165, 1.54) is 6.33 Å². The first kappa shape index (κ1) is 13.2. The molecule has 2 aromatic rings. The lowest BCUT2D eigenvalue weighted by molar-refractivity contribution is 0.192. The van der Waals surface area contributed by atoms with Gasteiger partial charge in [0.05, 0.1) is 6.10 Å². The molecule has 1 atom stereocenters. The third-order valence-electron chi connectivity index (χ3n) is 2.32. The first-order valence-corrected chi connectivity index (χ1v) is 6.87. The van der Waals surface area contributed by atoms with Crippen LogP contribution in [0.15, 0.2) is 27.6 Å². The summed E-state index contributed by atoms with van der Waals surface area (Å²) in [6, 6.07) is 1.89. The van der Waals surface area contributed by atoms with E-state index in [2.05, 4.69) is 36.6 Å². The van der Waals surface area contributed by atoms with Crippen molar-refractivity contribution in [3.63, 3.8) is 0 Å². The largest absolute Gasteiger partial charge is 0.387 e. The quantitative estimate of drug-likeness (QED) is 0.493. The maximum atomic E-state index is 9.93. The van der Waals surface area contributed by atoms with E-state index >= 15 is 0 Å². The molecule has 0 bridgehead atoms. The Morgan fingerprint density at radius 2 is 2.22 bits per heavy atom. The monoisotopic (exact) mass is 329 g/mol. The average Bonchev–Trinajstić information content (AvgIpc) is 2.91. The lowest BCUT2D eigenvalue weighted by Crippen LogP contribution is -2.15. The van der Waals surface area contributed by atoms with Crippen LogP contribution in [-0.2, 0) is 0 Å². The van der Waals surface area contributed by atoms with Gasteiger partial charge in [-0.1, -0.05) is 0 Å². The molecule has 0 aliphatic carbocycles. The Morgan fingerprint density at radius 3 is 2.89 bits per heavy atom. The van der Waals surface area contributed by atoms with Gasteiger partial charge in [-0.3, -0.25) is 0 Å². The number of aliphatic hydroxyl groups excluding tert-OH is 1. The number of nitrogens with two attached hydrogens (primary N) is 1. The molecule has 0 fully saturated rings. The Hall–Kier alpha value is -1.22. The number of nitrogens with one attached hydrogen (secondary N) is 2. The standard InChI is InChI=1S/C10H12BrN5OS/c11-8-9(14-5-15-10(8)16-12)13-3-7(17)6-1-2-18-4-6/h1-2,4-5,7,17H,3,12H2,(H2,13,14,15,16). The third kappa shape index (κ3) is 2.96. The van der Waals surface area contributed by atoms with Crippen molar-refractivity contribution in [2.45, 2.75) is 6.10 Å². The number of hydrogen-bond donors (Lipinski definition) is 4. The fourth-order valence-electron chi connectivity index (χ4n) is 1.37. The van der Waals surface area contributed by atoms with Crippen LogP contribution in [0.2, 0.25) is 0 Å². The number of rotatable bonds is 5. The summed E-state index contributed by atoms with van der Waals surface area (Å²) in [5, 5.41) is 16.8. The number of hydrogen-bond acceptors (Lipinski definition) is 7. The van der Waals surface area contributed by atoms with Gasteiger partial charge in [-0.2, -0.15) is 11.3 Å². The Bertz CT molecular complexity index is 507. The molecule has 18 heavy (non-hydrogen) atoms. The van der Waals surface area contributed by atoms with Crippen molar-refractivity contribution in [3.8, 4) is 0 Å². The van der Waals surface area contributed by atoms with Crippen LogP contribution in [0.1, 0.15) is 11.7 Å². The summed E-state index contributed by atoms with van der Waals surface area (Å²) in [4.78, 5) is 8.01. The molecular weight excluding hydrogens is 318 g/mol. The maximum absolute atomic E-state index is 9.93. The van der Waals surface area contributed by atoms with E-state index in [4.69, 9.17) is 5.84 Å². The number of hydrazine groups is 1. The Balaban J connectivity index is 2.02. The smallest absolute Gasteiger partial charge is 0.159 e. The molecular formula is C10H12BrN5OS. The van der Waals surface area contributed by atoms with Gasteiger partial charge in [-0.15, -0.1) is 0 Å². The lowest BCUT2D eigenvalue weighted by Gasteiger charge is -2.13. The molecule has 2 aromatic heterocycles. The molecule has 5 N–H and O–H groups in total. The van der Waals surface area contributed by atoms with Gasteiger partial charge >= 0.3 is 0 Å². The van der Waals surface area contributed by atoms with Crippen molar-refractivity contribution in [1.82, 2.24) is 9.97 Å². The molecule has 8 heteroatoms. The second kappa shape index (κ2) is 6.10. The van der Waals surface area contributed by atoms with Crippen LogP contribution in [0.4, 0.5) is 11.6 Å². The Kier molecular flexibility index (Phi) is 4.48. The molecule has 1 unspecified atom stereocenters. The van der Waals surface area contributed by atoms with E-state index in [0.717, 1.165) is 5.56 Å². The number of nitrogen functional groups attached to an aromatic ring is 1. The minimum absolute atomic E-state index is 0.357. The van der Waals surface area contributed by atoms with Gasteiger partial charge in [0.2, 0.25) is 0 Å². The zero-order valence-corrected chi connectivity index (χ0v) is 11.7. The highest BCUT2D eigenvalue weighted by atomic mass is 79.9. The zero-order valence-electron chi connectivity index (χ0n) is 9.30. The fraction of sp³-hybridized carbons (Fsp3) is 0.200. The maximum Gasteiger partial charge on any atom is 0.159 e. The highest BCUT2D eigenvalue weighted by molar-refractivity contribution is 9.10. The van der Waals surface area contributed by atoms with Gasteiger partial charge in [-0.25, -0.2) is 15.8 Å². The molecule has 2 heterocycles. The number of aliphatic hydroxyl groups is 1. The Morgan fingerprint density at radius 1 is 1.44 bits per heavy atom. The number of thiophene rings is 1. The molecule has 0 saturated carbocycles. The molecule has 0 aromatic carbocycles. The van der Waals surface area contributed by atoms with Crippen molar-refractivity contribution in [3.05, 3.63) is 33.2 Å². The molecule has 0 saturated heterocycles. The predicted molar refractivity (Wildman–Crippen MR) is 75.3 cm³/mol. The van der Waals surface area contributed by atoms with E-state index in [1.54, 1.807) is 11.3 Å². The Labute approximate surface area is 116 Å². The summed E-state index contributed by atoms with van der Waals surface area (Å²) in [6.45, 7) is 0.357. The lowest BCUT2D eigenvalue weighted by atomic mass is 10.2. The van der Waals surface area contributed by atoms with E-state index in [0.29, 0.717) is 22.7 Å². The second-order valence-corrected chi connectivity index (χ2v) is 5.06. The van der Waals surface area contributed by atoms with E-state index in [9.17, 15) is 5.11 Å². The summed E-state index contributed by atoms with van der Waals surface area (Å²) in [7, 11) is 0. The molecule has 0 aliphatic heterocycles. The van der Waals surface area contributed by atoms with Crippen LogP contribution in [0.3, 0.4) is 0 Å². The van der Waals surface area contributed by atoms with Gasteiger partial charge in [0, 0.05) is 6.54 Å². The van der Waals surface area contributed by atoms with Crippen LogP contribution in [0, 0.1) is 0 Å². The number of anilines is 2. The van der Waals surface area contributed by atoms with Gasteiger partial charge in [-0.05, 0) is 38.3 Å². The molecule has 0 spiro atoms. The zero-order chi connectivity index (χ0) is 13.0. The van der Waals surface area contributed by atoms with E-state index in [-0.39, 0.29) is 0 Å². The van der Waals surface area contributed by atoms with Crippen LogP contribution < -0.4 is 16.6 Å². The van der Waals surface area contributed by atoms with Gasteiger partial charge < -0.3 is 15.8 Å². The minimum atomic E-state index is -0.576. The molecule has 0 aliphatic rings.